The molecule has 1 aromatic carbocycles. The maximum atomic E-state index is 12.8. The van der Waals surface area contributed by atoms with Crippen molar-refractivity contribution in [1.29, 1.82) is 0 Å². The molecule has 34 heavy (non-hydrogen) atoms. The molecule has 0 radical (unpaired) electrons. The molecule has 0 fully saturated rings. The average molecular weight is 475 g/mol. The third kappa shape index (κ3) is 4.50. The van der Waals surface area contributed by atoms with Gasteiger partial charge in [0.05, 0.1) is 33.1 Å². The summed E-state index contributed by atoms with van der Waals surface area (Å²) in [5, 5.41) is 16.5. The minimum absolute atomic E-state index is 0.125. The summed E-state index contributed by atoms with van der Waals surface area (Å²) in [7, 11) is 4.47. The van der Waals surface area contributed by atoms with Crippen molar-refractivity contribution in [2.45, 2.75) is 52.1 Å². The Balaban J connectivity index is 2.13. The Morgan fingerprint density at radius 3 is 2.32 bits per heavy atom. The van der Waals surface area contributed by atoms with Crippen LogP contribution in [0.5, 0.6) is 23.1 Å². The van der Waals surface area contributed by atoms with Crippen LogP contribution in [0.2, 0.25) is 0 Å². The van der Waals surface area contributed by atoms with Crippen LogP contribution in [-0.2, 0) is 11.3 Å². The molecule has 184 valence electrons. The molecule has 0 saturated heterocycles. The topological polar surface area (TPSA) is 135 Å². The van der Waals surface area contributed by atoms with Gasteiger partial charge in [0.15, 0.2) is 11.5 Å². The standard InChI is InChI=1S/C23H30N4O7/c1-6-8-9-26-22(30)19(21(29)24-23(26)31)14-12-15(27(25-14)18(28)7-2)13-10-16(32-3)20(34-5)17(11-13)33-4/h10-11,15,30H,6-9,12H2,1-5H3,(H,24,29,31). The molecule has 1 amide bonds. The molecular weight excluding hydrogens is 444 g/mol. The Hall–Kier alpha value is -3.76. The predicted octanol–water partition coefficient (Wildman–Crippen LogP) is 2.16. The van der Waals surface area contributed by atoms with Crippen molar-refractivity contribution in [3.63, 3.8) is 0 Å². The van der Waals surface area contributed by atoms with Gasteiger partial charge in [0.25, 0.3) is 5.56 Å². The highest BCUT2D eigenvalue weighted by Gasteiger charge is 2.36. The summed E-state index contributed by atoms with van der Waals surface area (Å²) >= 11 is 0. The van der Waals surface area contributed by atoms with Crippen LogP contribution in [0.25, 0.3) is 0 Å². The molecule has 11 nitrogen and oxygen atoms in total. The van der Waals surface area contributed by atoms with E-state index in [1.54, 1.807) is 19.1 Å². The number of carbonyl (C=O) groups is 1. The summed E-state index contributed by atoms with van der Waals surface area (Å²) in [6.45, 7) is 3.90. The second-order valence-electron chi connectivity index (χ2n) is 7.78. The zero-order valence-electron chi connectivity index (χ0n) is 20.0. The molecule has 1 unspecified atom stereocenters. The van der Waals surface area contributed by atoms with Crippen molar-refractivity contribution in [1.82, 2.24) is 14.6 Å². The number of aromatic hydroxyl groups is 1. The number of carbonyl (C=O) groups excluding carboxylic acids is 1. The van der Waals surface area contributed by atoms with E-state index in [-0.39, 0.29) is 36.6 Å². The number of amides is 1. The number of aromatic amines is 1. The van der Waals surface area contributed by atoms with Crippen molar-refractivity contribution < 1.29 is 24.1 Å². The minimum atomic E-state index is -0.761. The normalized spacial score (nSPS) is 15.3. The molecule has 1 aliphatic rings. The van der Waals surface area contributed by atoms with Crippen LogP contribution in [0.15, 0.2) is 26.8 Å². The number of rotatable bonds is 9. The number of aromatic nitrogens is 2. The summed E-state index contributed by atoms with van der Waals surface area (Å²) in [4.78, 5) is 39.9. The first kappa shape index (κ1) is 24.9. The van der Waals surface area contributed by atoms with Gasteiger partial charge in [-0.1, -0.05) is 20.3 Å². The first-order valence-corrected chi connectivity index (χ1v) is 11.1. The summed E-state index contributed by atoms with van der Waals surface area (Å²) in [5.41, 5.74) is -0.737. The van der Waals surface area contributed by atoms with Crippen molar-refractivity contribution in [3.8, 4) is 23.1 Å². The summed E-state index contributed by atoms with van der Waals surface area (Å²) in [6, 6.07) is 2.84. The first-order valence-electron chi connectivity index (χ1n) is 11.1. The number of hydrogen-bond acceptors (Lipinski definition) is 8. The average Bonchev–Trinajstić information content (AvgIpc) is 3.27. The number of benzene rings is 1. The molecule has 1 aliphatic heterocycles. The van der Waals surface area contributed by atoms with E-state index in [9.17, 15) is 19.5 Å². The molecule has 1 aromatic heterocycles. The van der Waals surface area contributed by atoms with Crippen molar-refractivity contribution in [3.05, 3.63) is 44.1 Å². The number of hydrogen-bond donors (Lipinski definition) is 2. The van der Waals surface area contributed by atoms with E-state index in [4.69, 9.17) is 14.2 Å². The molecule has 0 aliphatic carbocycles. The van der Waals surface area contributed by atoms with E-state index < -0.39 is 23.2 Å². The van der Waals surface area contributed by atoms with Crippen LogP contribution in [-0.4, -0.2) is 52.6 Å². The fourth-order valence-electron chi connectivity index (χ4n) is 3.95. The monoisotopic (exact) mass is 474 g/mol. The molecular formula is C23H30N4O7. The second kappa shape index (κ2) is 10.4. The maximum absolute atomic E-state index is 12.8. The summed E-state index contributed by atoms with van der Waals surface area (Å²) in [5.74, 6) is 0.476. The Kier molecular flexibility index (Phi) is 7.64. The molecule has 2 aromatic rings. The van der Waals surface area contributed by atoms with Crippen molar-refractivity contribution in [2.24, 2.45) is 5.10 Å². The Labute approximate surface area is 196 Å². The minimum Gasteiger partial charge on any atom is -0.494 e. The third-order valence-corrected chi connectivity index (χ3v) is 5.74. The van der Waals surface area contributed by atoms with Gasteiger partial charge in [-0.2, -0.15) is 5.10 Å². The molecule has 0 bridgehead atoms. The van der Waals surface area contributed by atoms with Crippen LogP contribution < -0.4 is 25.5 Å². The van der Waals surface area contributed by atoms with E-state index in [1.807, 2.05) is 6.92 Å². The van der Waals surface area contributed by atoms with Crippen molar-refractivity contribution >= 4 is 11.6 Å². The first-order chi connectivity index (χ1) is 16.3. The Morgan fingerprint density at radius 2 is 1.79 bits per heavy atom. The van der Waals surface area contributed by atoms with Crippen LogP contribution >= 0.6 is 0 Å². The molecule has 3 rings (SSSR count). The van der Waals surface area contributed by atoms with Gasteiger partial charge in [-0.3, -0.25) is 19.1 Å². The van der Waals surface area contributed by atoms with Gasteiger partial charge in [0, 0.05) is 19.4 Å². The number of nitrogens with zero attached hydrogens (tertiary/aromatic N) is 3. The van der Waals surface area contributed by atoms with Crippen LogP contribution in [0.3, 0.4) is 0 Å². The number of nitrogens with one attached hydrogen (secondary N) is 1. The fourth-order valence-corrected chi connectivity index (χ4v) is 3.95. The quantitative estimate of drug-likeness (QED) is 0.568. The highest BCUT2D eigenvalue weighted by atomic mass is 16.5. The van der Waals surface area contributed by atoms with Gasteiger partial charge in [0.2, 0.25) is 17.5 Å². The fraction of sp³-hybridized carbons (Fsp3) is 0.478. The Morgan fingerprint density at radius 1 is 1.15 bits per heavy atom. The van der Waals surface area contributed by atoms with Crippen LogP contribution in [0.4, 0.5) is 0 Å². The lowest BCUT2D eigenvalue weighted by Crippen LogP contribution is -2.33. The Bertz CT molecular complexity index is 1190. The third-order valence-electron chi connectivity index (χ3n) is 5.74. The smallest absolute Gasteiger partial charge is 0.331 e. The molecule has 1 atom stereocenters. The van der Waals surface area contributed by atoms with E-state index in [0.717, 1.165) is 11.0 Å². The number of H-pyrrole nitrogens is 1. The number of methoxy groups -OCH3 is 3. The van der Waals surface area contributed by atoms with E-state index in [1.165, 1.54) is 26.3 Å². The zero-order valence-corrected chi connectivity index (χ0v) is 20.0. The maximum Gasteiger partial charge on any atom is 0.331 e. The van der Waals surface area contributed by atoms with Crippen LogP contribution in [0.1, 0.15) is 56.7 Å². The molecule has 0 spiro atoms. The molecule has 2 heterocycles. The summed E-state index contributed by atoms with van der Waals surface area (Å²) in [6.07, 6.45) is 1.74. The molecule has 2 N–H and O–H groups in total. The lowest BCUT2D eigenvalue weighted by Gasteiger charge is -2.23. The van der Waals surface area contributed by atoms with Gasteiger partial charge >= 0.3 is 5.69 Å². The van der Waals surface area contributed by atoms with Gasteiger partial charge in [-0.25, -0.2) is 9.80 Å². The lowest BCUT2D eigenvalue weighted by atomic mass is 9.98. The number of ether oxygens (including phenoxy) is 3. The van der Waals surface area contributed by atoms with E-state index in [0.29, 0.717) is 29.2 Å². The largest absolute Gasteiger partial charge is 0.494 e. The van der Waals surface area contributed by atoms with Gasteiger partial charge in [-0.15, -0.1) is 0 Å². The zero-order chi connectivity index (χ0) is 25.0. The second-order valence-corrected chi connectivity index (χ2v) is 7.78. The molecule has 11 heteroatoms. The SMILES string of the molecule is CCCCn1c(O)c(C2=NN(C(=O)CC)C(c3cc(OC)c(OC)c(OC)c3)C2)c(=O)[nH]c1=O. The van der Waals surface area contributed by atoms with Gasteiger partial charge < -0.3 is 19.3 Å². The summed E-state index contributed by atoms with van der Waals surface area (Å²) < 4.78 is 17.4. The molecule has 0 saturated carbocycles. The van der Waals surface area contributed by atoms with E-state index in [2.05, 4.69) is 10.1 Å². The van der Waals surface area contributed by atoms with Crippen LogP contribution in [0, 0.1) is 0 Å². The highest BCUT2D eigenvalue weighted by Crippen LogP contribution is 2.43. The number of unbranched alkanes of at least 4 members (excludes halogenated alkanes) is 1. The van der Waals surface area contributed by atoms with Gasteiger partial charge in [-0.05, 0) is 24.1 Å². The predicted molar refractivity (Wildman–Crippen MR) is 125 cm³/mol. The number of hydrazone groups is 1. The van der Waals surface area contributed by atoms with Crippen molar-refractivity contribution in [2.75, 3.05) is 21.3 Å². The highest BCUT2D eigenvalue weighted by molar-refractivity contribution is 6.04. The van der Waals surface area contributed by atoms with Gasteiger partial charge in [0.1, 0.15) is 5.56 Å². The van der Waals surface area contributed by atoms with E-state index >= 15 is 0 Å². The lowest BCUT2D eigenvalue weighted by molar-refractivity contribution is -0.132.